The summed E-state index contributed by atoms with van der Waals surface area (Å²) in [5.41, 5.74) is 5.33. The fourth-order valence-electron chi connectivity index (χ4n) is 4.34. The van der Waals surface area contributed by atoms with Gasteiger partial charge in [-0.1, -0.05) is 55.8 Å². The van der Waals surface area contributed by atoms with E-state index in [0.717, 1.165) is 37.7 Å². The summed E-state index contributed by atoms with van der Waals surface area (Å²) in [6, 6.07) is 21.1. The van der Waals surface area contributed by atoms with Crippen molar-refractivity contribution >= 4 is 5.69 Å². The van der Waals surface area contributed by atoms with E-state index < -0.39 is 0 Å². The number of hydrogen-bond donors (Lipinski definition) is 0. The van der Waals surface area contributed by atoms with Gasteiger partial charge >= 0.3 is 0 Å². The average molecular weight is 401 g/mol. The van der Waals surface area contributed by atoms with Crippen molar-refractivity contribution in [3.05, 3.63) is 83.6 Å². The van der Waals surface area contributed by atoms with Gasteiger partial charge in [0.2, 0.25) is 5.88 Å². The second-order valence-corrected chi connectivity index (χ2v) is 9.32. The van der Waals surface area contributed by atoms with Crippen molar-refractivity contribution in [2.75, 3.05) is 31.2 Å². The van der Waals surface area contributed by atoms with Crippen molar-refractivity contribution in [2.24, 2.45) is 5.41 Å². The summed E-state index contributed by atoms with van der Waals surface area (Å²) >= 11 is 0. The van der Waals surface area contributed by atoms with Gasteiger partial charge in [0.1, 0.15) is 5.75 Å². The molecule has 2 aliphatic heterocycles. The average Bonchev–Trinajstić information content (AvgIpc) is 2.68. The van der Waals surface area contributed by atoms with Gasteiger partial charge in [0, 0.05) is 24.6 Å². The molecule has 0 amide bonds. The number of aromatic nitrogens is 1. The second-order valence-electron chi connectivity index (χ2n) is 9.32. The molecule has 0 saturated carbocycles. The molecule has 1 spiro atoms. The highest BCUT2D eigenvalue weighted by Gasteiger charge is 2.49. The molecule has 0 unspecified atom stereocenters. The molecule has 3 heterocycles. The Bertz CT molecular complexity index is 1010. The van der Waals surface area contributed by atoms with E-state index in [9.17, 15) is 0 Å². The molecule has 2 fully saturated rings. The topological polar surface area (TPSA) is 34.6 Å². The molecule has 30 heavy (non-hydrogen) atoms. The number of hydrogen-bond acceptors (Lipinski definition) is 4. The summed E-state index contributed by atoms with van der Waals surface area (Å²) in [5.74, 6) is 1.42. The second kappa shape index (κ2) is 7.13. The number of rotatable bonds is 5. The van der Waals surface area contributed by atoms with E-state index in [-0.39, 0.29) is 5.41 Å². The van der Waals surface area contributed by atoms with Gasteiger partial charge < -0.3 is 14.4 Å². The maximum absolute atomic E-state index is 5.98. The molecular formula is C26H28N2O2. The zero-order valence-corrected chi connectivity index (χ0v) is 17.9. The van der Waals surface area contributed by atoms with E-state index in [0.29, 0.717) is 11.3 Å². The van der Waals surface area contributed by atoms with Crippen LogP contribution in [-0.4, -0.2) is 31.3 Å². The van der Waals surface area contributed by atoms with E-state index >= 15 is 0 Å². The fraction of sp³-hybridized carbons (Fsp3) is 0.346. The van der Waals surface area contributed by atoms with Gasteiger partial charge in [-0.25, -0.2) is 4.98 Å². The molecule has 0 atom stereocenters. The molecule has 0 radical (unpaired) electrons. The van der Waals surface area contributed by atoms with Gasteiger partial charge in [-0.05, 0) is 36.2 Å². The summed E-state index contributed by atoms with van der Waals surface area (Å²) in [6.45, 7) is 10.5. The lowest BCUT2D eigenvalue weighted by atomic mass is 9.78. The largest absolute Gasteiger partial charge is 0.439 e. The Hall–Kier alpha value is -2.85. The van der Waals surface area contributed by atoms with Crippen LogP contribution in [0.5, 0.6) is 11.6 Å². The zero-order valence-electron chi connectivity index (χ0n) is 17.9. The summed E-state index contributed by atoms with van der Waals surface area (Å²) < 4.78 is 11.3. The van der Waals surface area contributed by atoms with Gasteiger partial charge in [0.25, 0.3) is 0 Å². The molecule has 4 heteroatoms. The summed E-state index contributed by atoms with van der Waals surface area (Å²) in [6.07, 6.45) is 1.90. The Balaban J connectivity index is 1.24. The van der Waals surface area contributed by atoms with E-state index in [1.54, 1.807) is 0 Å². The number of ether oxygens (including phenoxy) is 2. The molecule has 4 nitrogen and oxygen atoms in total. The minimum absolute atomic E-state index is 0.0633. The molecular weight excluding hydrogens is 372 g/mol. The Labute approximate surface area is 178 Å². The smallest absolute Gasteiger partial charge is 0.219 e. The molecule has 1 aromatic heterocycles. The van der Waals surface area contributed by atoms with Crippen LogP contribution in [0.3, 0.4) is 0 Å². The van der Waals surface area contributed by atoms with Crippen LogP contribution in [0, 0.1) is 12.3 Å². The van der Waals surface area contributed by atoms with Crippen LogP contribution in [0.15, 0.2) is 66.9 Å². The number of aryl methyl sites for hydroxylation is 1. The van der Waals surface area contributed by atoms with Crippen LogP contribution in [0.4, 0.5) is 5.69 Å². The van der Waals surface area contributed by atoms with Crippen molar-refractivity contribution in [1.82, 2.24) is 4.98 Å². The number of pyridine rings is 1. The lowest BCUT2D eigenvalue weighted by Crippen LogP contribution is -2.66. The monoisotopic (exact) mass is 400 g/mol. The first-order valence-electron chi connectivity index (χ1n) is 10.6. The van der Waals surface area contributed by atoms with Crippen molar-refractivity contribution in [2.45, 2.75) is 26.2 Å². The highest BCUT2D eigenvalue weighted by molar-refractivity contribution is 5.50. The predicted octanol–water partition coefficient (Wildman–Crippen LogP) is 5.34. The van der Waals surface area contributed by atoms with Crippen molar-refractivity contribution in [1.29, 1.82) is 0 Å². The summed E-state index contributed by atoms with van der Waals surface area (Å²) in [7, 11) is 0. The fourth-order valence-corrected chi connectivity index (χ4v) is 4.34. The minimum atomic E-state index is -0.0633. The first-order chi connectivity index (χ1) is 14.4. The van der Waals surface area contributed by atoms with Crippen LogP contribution < -0.4 is 9.64 Å². The Morgan fingerprint density at radius 2 is 1.53 bits per heavy atom. The first kappa shape index (κ1) is 19.1. The number of nitrogens with zero attached hydrogens (tertiary/aromatic N) is 2. The highest BCUT2D eigenvalue weighted by atomic mass is 16.5. The quantitative estimate of drug-likeness (QED) is 0.579. The van der Waals surface area contributed by atoms with Crippen molar-refractivity contribution in [3.63, 3.8) is 0 Å². The molecule has 2 aliphatic rings. The van der Waals surface area contributed by atoms with E-state index in [2.05, 4.69) is 73.1 Å². The van der Waals surface area contributed by atoms with Gasteiger partial charge in [0.15, 0.2) is 0 Å². The van der Waals surface area contributed by atoms with E-state index in [1.807, 2.05) is 24.4 Å². The normalized spacial score (nSPS) is 17.4. The highest BCUT2D eigenvalue weighted by Crippen LogP contribution is 2.40. The Kier molecular flexibility index (Phi) is 4.55. The van der Waals surface area contributed by atoms with Gasteiger partial charge in [0.05, 0.1) is 30.5 Å². The van der Waals surface area contributed by atoms with Crippen LogP contribution >= 0.6 is 0 Å². The molecule has 0 bridgehead atoms. The third-order valence-corrected chi connectivity index (χ3v) is 6.53. The van der Waals surface area contributed by atoms with Gasteiger partial charge in [-0.15, -0.1) is 0 Å². The number of anilines is 1. The predicted molar refractivity (Wildman–Crippen MR) is 120 cm³/mol. The molecule has 154 valence electrons. The number of benzene rings is 2. The van der Waals surface area contributed by atoms with Crippen LogP contribution in [-0.2, 0) is 10.2 Å². The third kappa shape index (κ3) is 3.46. The standard InChI is InChI=1S/C26H28N2O2/c1-19-4-6-20(7-5-19)25(2,3)21-8-11-23(12-9-21)30-24-13-10-22(14-27-24)28-15-26(16-28)17-29-18-26/h4-14H,15-18H2,1-3H3. The molecule has 2 saturated heterocycles. The van der Waals surface area contributed by atoms with Crippen molar-refractivity contribution in [3.8, 4) is 11.6 Å². The third-order valence-electron chi connectivity index (χ3n) is 6.53. The van der Waals surface area contributed by atoms with Crippen LogP contribution in [0.1, 0.15) is 30.5 Å². The maximum atomic E-state index is 5.98. The lowest BCUT2D eigenvalue weighted by molar-refractivity contribution is -0.127. The molecule has 5 rings (SSSR count). The molecule has 2 aromatic carbocycles. The van der Waals surface area contributed by atoms with E-state index in [1.165, 1.54) is 16.7 Å². The Morgan fingerprint density at radius 1 is 0.900 bits per heavy atom. The minimum Gasteiger partial charge on any atom is -0.439 e. The van der Waals surface area contributed by atoms with Crippen molar-refractivity contribution < 1.29 is 9.47 Å². The maximum Gasteiger partial charge on any atom is 0.219 e. The Morgan fingerprint density at radius 3 is 2.07 bits per heavy atom. The van der Waals surface area contributed by atoms with Gasteiger partial charge in [-0.3, -0.25) is 0 Å². The molecule has 3 aromatic rings. The van der Waals surface area contributed by atoms with Crippen LogP contribution in [0.25, 0.3) is 0 Å². The van der Waals surface area contributed by atoms with Crippen LogP contribution in [0.2, 0.25) is 0 Å². The van der Waals surface area contributed by atoms with E-state index in [4.69, 9.17) is 9.47 Å². The van der Waals surface area contributed by atoms with Gasteiger partial charge in [-0.2, -0.15) is 0 Å². The summed E-state index contributed by atoms with van der Waals surface area (Å²) in [4.78, 5) is 6.85. The molecule has 0 aliphatic carbocycles. The summed E-state index contributed by atoms with van der Waals surface area (Å²) in [5, 5.41) is 0. The molecule has 0 N–H and O–H groups in total. The lowest BCUT2D eigenvalue weighted by Gasteiger charge is -2.55. The zero-order chi connectivity index (χ0) is 20.8. The first-order valence-corrected chi connectivity index (χ1v) is 10.6. The SMILES string of the molecule is Cc1ccc(C(C)(C)c2ccc(Oc3ccc(N4CC5(COC5)C4)cn3)cc2)cc1.